The summed E-state index contributed by atoms with van der Waals surface area (Å²) < 4.78 is 10.4. The molecule has 0 saturated carbocycles. The van der Waals surface area contributed by atoms with Crippen LogP contribution in [-0.2, 0) is 0 Å². The molecule has 0 aliphatic heterocycles. The average molecular weight is 192 g/mol. The molecule has 0 aliphatic rings. The van der Waals surface area contributed by atoms with Gasteiger partial charge in [-0.25, -0.2) is 0 Å². The summed E-state index contributed by atoms with van der Waals surface area (Å²) >= 11 is 0. The lowest BCUT2D eigenvalue weighted by Crippen LogP contribution is -2.00. The quantitative estimate of drug-likeness (QED) is 0.729. The van der Waals surface area contributed by atoms with E-state index in [1.165, 1.54) is 0 Å². The first kappa shape index (κ1) is 10.3. The van der Waals surface area contributed by atoms with E-state index in [-0.39, 0.29) is 0 Å². The number of ether oxygens (including phenoxy) is 2. The Morgan fingerprint density at radius 2 is 2.00 bits per heavy atom. The minimum atomic E-state index is 0.334. The molecule has 74 valence electrons. The Hall–Kier alpha value is -1.76. The molecular weight excluding hydrogens is 180 g/mol. The number of aromatic nitrogens is 1. The maximum atomic E-state index is 8.76. The maximum absolute atomic E-state index is 8.76. The summed E-state index contributed by atoms with van der Waals surface area (Å²) in [5, 5.41) is 8.76. The summed E-state index contributed by atoms with van der Waals surface area (Å²) in [6, 6.07) is 5.31. The minimum absolute atomic E-state index is 0.334. The van der Waals surface area contributed by atoms with E-state index >= 15 is 0 Å². The van der Waals surface area contributed by atoms with Crippen molar-refractivity contribution >= 4 is 0 Å². The summed E-state index contributed by atoms with van der Waals surface area (Å²) in [5.41, 5.74) is 0.426. The van der Waals surface area contributed by atoms with Crippen molar-refractivity contribution in [2.75, 3.05) is 13.2 Å². The lowest BCUT2D eigenvalue weighted by molar-refractivity contribution is 0.298. The molecule has 0 fully saturated rings. The van der Waals surface area contributed by atoms with E-state index in [9.17, 15) is 0 Å². The molecule has 0 aliphatic carbocycles. The molecule has 4 heteroatoms. The third-order valence-electron chi connectivity index (χ3n) is 1.53. The van der Waals surface area contributed by atoms with Crippen LogP contribution in [0.3, 0.4) is 0 Å². The highest BCUT2D eigenvalue weighted by molar-refractivity contribution is 5.40. The topological polar surface area (TPSA) is 55.1 Å². The molecule has 0 atom stereocenters. The van der Waals surface area contributed by atoms with Crippen LogP contribution < -0.4 is 9.47 Å². The number of hydrogen-bond acceptors (Lipinski definition) is 4. The van der Waals surface area contributed by atoms with Gasteiger partial charge in [0.2, 0.25) is 11.8 Å². The molecular formula is C10H12N2O2. The third kappa shape index (κ3) is 2.36. The lowest BCUT2D eigenvalue weighted by Gasteiger charge is -2.06. The monoisotopic (exact) mass is 192 g/mol. The van der Waals surface area contributed by atoms with E-state index < -0.39 is 0 Å². The first-order valence-corrected chi connectivity index (χ1v) is 4.48. The van der Waals surface area contributed by atoms with E-state index in [1.807, 2.05) is 19.9 Å². The molecule has 0 saturated heterocycles. The number of hydrogen-bond donors (Lipinski definition) is 0. The summed E-state index contributed by atoms with van der Waals surface area (Å²) in [4.78, 5) is 4.06. The number of nitriles is 1. The fourth-order valence-electron chi connectivity index (χ4n) is 0.984. The van der Waals surface area contributed by atoms with Gasteiger partial charge in [-0.1, -0.05) is 0 Å². The van der Waals surface area contributed by atoms with Crippen LogP contribution >= 0.6 is 0 Å². The van der Waals surface area contributed by atoms with Gasteiger partial charge in [-0.3, -0.25) is 0 Å². The second-order valence-electron chi connectivity index (χ2n) is 2.48. The maximum Gasteiger partial charge on any atom is 0.234 e. The van der Waals surface area contributed by atoms with Crippen molar-refractivity contribution in [3.63, 3.8) is 0 Å². The fraction of sp³-hybridized carbons (Fsp3) is 0.400. The van der Waals surface area contributed by atoms with Crippen molar-refractivity contribution in [1.29, 1.82) is 5.26 Å². The van der Waals surface area contributed by atoms with E-state index in [1.54, 1.807) is 12.1 Å². The first-order valence-electron chi connectivity index (χ1n) is 4.48. The molecule has 0 aromatic carbocycles. The molecule has 1 rings (SSSR count). The highest BCUT2D eigenvalue weighted by Crippen LogP contribution is 2.19. The molecule has 1 aromatic rings. The van der Waals surface area contributed by atoms with Crippen LogP contribution in [0.4, 0.5) is 0 Å². The predicted molar refractivity (Wildman–Crippen MR) is 51.3 cm³/mol. The molecule has 0 radical (unpaired) electrons. The Labute approximate surface area is 83.1 Å². The minimum Gasteiger partial charge on any atom is -0.478 e. The predicted octanol–water partition coefficient (Wildman–Crippen LogP) is 1.75. The Morgan fingerprint density at radius 3 is 2.57 bits per heavy atom. The molecule has 0 N–H and O–H groups in total. The van der Waals surface area contributed by atoms with Gasteiger partial charge in [0.1, 0.15) is 11.6 Å². The second-order valence-corrected chi connectivity index (χ2v) is 2.48. The Balaban J connectivity index is 2.96. The van der Waals surface area contributed by atoms with E-state index in [4.69, 9.17) is 14.7 Å². The van der Waals surface area contributed by atoms with Crippen molar-refractivity contribution in [3.8, 4) is 17.8 Å². The Bertz CT molecular complexity index is 344. The average Bonchev–Trinajstić information content (AvgIpc) is 2.19. The molecule has 4 nitrogen and oxygen atoms in total. The summed E-state index contributed by atoms with van der Waals surface area (Å²) in [6.07, 6.45) is 0. The molecule has 1 heterocycles. The highest BCUT2D eigenvalue weighted by atomic mass is 16.5. The van der Waals surface area contributed by atoms with Crippen molar-refractivity contribution in [3.05, 3.63) is 17.7 Å². The highest BCUT2D eigenvalue weighted by Gasteiger charge is 2.06. The van der Waals surface area contributed by atoms with Gasteiger partial charge in [-0.15, -0.1) is 0 Å². The molecule has 0 spiro atoms. The van der Waals surface area contributed by atoms with Gasteiger partial charge in [0.05, 0.1) is 13.2 Å². The van der Waals surface area contributed by atoms with Gasteiger partial charge >= 0.3 is 0 Å². The van der Waals surface area contributed by atoms with E-state index in [0.717, 1.165) is 0 Å². The van der Waals surface area contributed by atoms with Crippen LogP contribution in [0, 0.1) is 11.3 Å². The van der Waals surface area contributed by atoms with Gasteiger partial charge < -0.3 is 9.47 Å². The number of rotatable bonds is 4. The van der Waals surface area contributed by atoms with Gasteiger partial charge in [0.25, 0.3) is 0 Å². The molecule has 0 amide bonds. The summed E-state index contributed by atoms with van der Waals surface area (Å²) in [5.74, 6) is 0.816. The van der Waals surface area contributed by atoms with Crippen LogP contribution in [0.5, 0.6) is 11.8 Å². The second kappa shape index (κ2) is 5.07. The van der Waals surface area contributed by atoms with Crippen LogP contribution in [0.15, 0.2) is 12.1 Å². The molecule has 14 heavy (non-hydrogen) atoms. The van der Waals surface area contributed by atoms with E-state index in [0.29, 0.717) is 30.5 Å². The van der Waals surface area contributed by atoms with Crippen LogP contribution in [0.1, 0.15) is 19.4 Å². The largest absolute Gasteiger partial charge is 0.478 e. The van der Waals surface area contributed by atoms with Crippen LogP contribution in [0.2, 0.25) is 0 Å². The smallest absolute Gasteiger partial charge is 0.234 e. The normalized spacial score (nSPS) is 9.21. The standard InChI is InChI=1S/C10H12N2O2/c1-3-13-9-6-5-8(7-11)10(12-9)14-4-2/h5-6H,3-4H2,1-2H3. The molecule has 1 aromatic heterocycles. The number of nitrogens with zero attached hydrogens (tertiary/aromatic N) is 2. The van der Waals surface area contributed by atoms with Crippen molar-refractivity contribution in [1.82, 2.24) is 4.98 Å². The van der Waals surface area contributed by atoms with Crippen LogP contribution in [0.25, 0.3) is 0 Å². The molecule has 0 unspecified atom stereocenters. The van der Waals surface area contributed by atoms with Gasteiger partial charge in [0, 0.05) is 6.07 Å². The zero-order chi connectivity index (χ0) is 10.4. The Kier molecular flexibility index (Phi) is 3.74. The lowest BCUT2D eigenvalue weighted by atomic mass is 10.3. The van der Waals surface area contributed by atoms with Crippen LogP contribution in [-0.4, -0.2) is 18.2 Å². The Morgan fingerprint density at radius 1 is 1.29 bits per heavy atom. The SMILES string of the molecule is CCOc1ccc(C#N)c(OCC)n1. The van der Waals surface area contributed by atoms with Crippen molar-refractivity contribution in [2.24, 2.45) is 0 Å². The zero-order valence-electron chi connectivity index (χ0n) is 8.28. The van der Waals surface area contributed by atoms with Crippen molar-refractivity contribution in [2.45, 2.75) is 13.8 Å². The van der Waals surface area contributed by atoms with Gasteiger partial charge in [0.15, 0.2) is 0 Å². The fourth-order valence-corrected chi connectivity index (χ4v) is 0.984. The summed E-state index contributed by atoms with van der Waals surface area (Å²) in [7, 11) is 0. The summed E-state index contributed by atoms with van der Waals surface area (Å²) in [6.45, 7) is 4.75. The third-order valence-corrected chi connectivity index (χ3v) is 1.53. The van der Waals surface area contributed by atoms with Gasteiger partial charge in [-0.05, 0) is 19.9 Å². The van der Waals surface area contributed by atoms with E-state index in [2.05, 4.69) is 4.98 Å². The van der Waals surface area contributed by atoms with Crippen molar-refractivity contribution < 1.29 is 9.47 Å². The molecule has 0 bridgehead atoms. The zero-order valence-corrected chi connectivity index (χ0v) is 8.28. The number of pyridine rings is 1. The van der Waals surface area contributed by atoms with Gasteiger partial charge in [-0.2, -0.15) is 10.2 Å². The first-order chi connectivity index (χ1) is 6.81.